The third-order valence-corrected chi connectivity index (χ3v) is 3.70. The summed E-state index contributed by atoms with van der Waals surface area (Å²) >= 11 is 5.84. The van der Waals surface area contributed by atoms with E-state index in [0.29, 0.717) is 11.2 Å². The topological polar surface area (TPSA) is 56.0 Å². The minimum atomic E-state index is -1.64. The monoisotopic (exact) mass is 331 g/mol. The van der Waals surface area contributed by atoms with Gasteiger partial charge in [-0.25, -0.2) is 8.78 Å². The highest BCUT2D eigenvalue weighted by Crippen LogP contribution is 2.39. The summed E-state index contributed by atoms with van der Waals surface area (Å²) in [7, 11) is 0. The minimum Gasteiger partial charge on any atom is -0.256 e. The molecule has 3 aromatic heterocycles. The Morgan fingerprint density at radius 2 is 2.09 bits per heavy atom. The first kappa shape index (κ1) is 14.0. The summed E-state index contributed by atoms with van der Waals surface area (Å²) in [5.41, 5.74) is 0.863. The number of alkyl halides is 1. The maximum atomic E-state index is 14.7. The van der Waals surface area contributed by atoms with Crippen LogP contribution in [0.3, 0.4) is 0 Å². The van der Waals surface area contributed by atoms with Gasteiger partial charge in [-0.05, 0) is 24.3 Å². The minimum absolute atomic E-state index is 0.151. The summed E-state index contributed by atoms with van der Waals surface area (Å²) < 4.78 is 30.3. The van der Waals surface area contributed by atoms with E-state index in [1.807, 2.05) is 0 Å². The van der Waals surface area contributed by atoms with Gasteiger partial charge in [-0.15, -0.1) is 10.2 Å². The standard InChI is InChI=1S/C15H8ClF2N5/c16-12-3-4-13-20-21-14(23(13)22-12)6-9-10(17)7-11-8(15(9)18)2-1-5-19-11/h1-7,15H. The van der Waals surface area contributed by atoms with Gasteiger partial charge < -0.3 is 0 Å². The number of hydrogen-bond donors (Lipinski definition) is 0. The quantitative estimate of drug-likeness (QED) is 0.683. The van der Waals surface area contributed by atoms with Gasteiger partial charge in [0.1, 0.15) is 11.0 Å². The van der Waals surface area contributed by atoms with Crippen molar-refractivity contribution in [1.29, 1.82) is 0 Å². The number of rotatable bonds is 1. The van der Waals surface area contributed by atoms with Crippen LogP contribution >= 0.6 is 11.6 Å². The average molecular weight is 332 g/mol. The second-order valence-electron chi connectivity index (χ2n) is 4.92. The summed E-state index contributed by atoms with van der Waals surface area (Å²) in [6.45, 7) is 0. The van der Waals surface area contributed by atoms with Crippen molar-refractivity contribution in [2.45, 2.75) is 6.17 Å². The van der Waals surface area contributed by atoms with Crippen molar-refractivity contribution in [2.24, 2.45) is 0 Å². The van der Waals surface area contributed by atoms with Crippen molar-refractivity contribution in [3.05, 3.63) is 64.1 Å². The van der Waals surface area contributed by atoms with Crippen LogP contribution in [0.1, 0.15) is 23.3 Å². The van der Waals surface area contributed by atoms with Gasteiger partial charge in [-0.2, -0.15) is 9.61 Å². The number of halogens is 3. The summed E-state index contributed by atoms with van der Waals surface area (Å²) in [6.07, 6.45) is 2.31. The molecule has 0 saturated heterocycles. The molecular weight excluding hydrogens is 324 g/mol. The molecule has 4 rings (SSSR count). The van der Waals surface area contributed by atoms with Gasteiger partial charge in [0.15, 0.2) is 17.6 Å². The van der Waals surface area contributed by atoms with E-state index in [-0.39, 0.29) is 22.2 Å². The third kappa shape index (κ3) is 2.29. The fourth-order valence-electron chi connectivity index (χ4n) is 2.41. The van der Waals surface area contributed by atoms with Crippen LogP contribution in [0, 0.1) is 0 Å². The highest BCUT2D eigenvalue weighted by atomic mass is 35.5. The normalized spacial score (nSPS) is 19.0. The van der Waals surface area contributed by atoms with Gasteiger partial charge in [0, 0.05) is 23.4 Å². The molecule has 3 heterocycles. The molecule has 0 aromatic carbocycles. The molecule has 0 N–H and O–H groups in total. The van der Waals surface area contributed by atoms with E-state index in [1.54, 1.807) is 24.3 Å². The first-order valence-electron chi connectivity index (χ1n) is 6.69. The number of pyridine rings is 1. The molecule has 0 amide bonds. The molecule has 23 heavy (non-hydrogen) atoms. The largest absolute Gasteiger partial charge is 0.256 e. The fourth-order valence-corrected chi connectivity index (χ4v) is 2.55. The van der Waals surface area contributed by atoms with E-state index in [9.17, 15) is 8.78 Å². The van der Waals surface area contributed by atoms with Gasteiger partial charge in [-0.3, -0.25) is 4.98 Å². The summed E-state index contributed by atoms with van der Waals surface area (Å²) in [5.74, 6) is -0.515. The molecule has 1 atom stereocenters. The number of nitrogens with zero attached hydrogens (tertiary/aromatic N) is 5. The molecule has 0 aliphatic heterocycles. The fraction of sp³-hybridized carbons (Fsp3) is 0.0667. The summed E-state index contributed by atoms with van der Waals surface area (Å²) in [6, 6.07) is 6.35. The lowest BCUT2D eigenvalue weighted by Crippen LogP contribution is -2.07. The van der Waals surface area contributed by atoms with E-state index >= 15 is 0 Å². The maximum Gasteiger partial charge on any atom is 0.178 e. The van der Waals surface area contributed by atoms with Gasteiger partial charge in [0.25, 0.3) is 0 Å². The van der Waals surface area contributed by atoms with Crippen LogP contribution in [0.5, 0.6) is 0 Å². The average Bonchev–Trinajstić information content (AvgIpc) is 2.93. The van der Waals surface area contributed by atoms with Crippen molar-refractivity contribution in [1.82, 2.24) is 24.8 Å². The number of allylic oxidation sites excluding steroid dienone is 2. The lowest BCUT2D eigenvalue weighted by molar-refractivity contribution is 0.384. The molecule has 114 valence electrons. The molecule has 0 saturated carbocycles. The second-order valence-corrected chi connectivity index (χ2v) is 5.30. The highest BCUT2D eigenvalue weighted by Gasteiger charge is 2.27. The van der Waals surface area contributed by atoms with Crippen LogP contribution in [-0.2, 0) is 0 Å². The van der Waals surface area contributed by atoms with E-state index < -0.39 is 12.0 Å². The third-order valence-electron chi connectivity index (χ3n) is 3.50. The summed E-state index contributed by atoms with van der Waals surface area (Å²) in [4.78, 5) is 3.97. The van der Waals surface area contributed by atoms with Crippen LogP contribution in [0.25, 0.3) is 17.8 Å². The molecule has 5 nitrogen and oxygen atoms in total. The van der Waals surface area contributed by atoms with Gasteiger partial charge in [-0.1, -0.05) is 17.7 Å². The Morgan fingerprint density at radius 3 is 2.96 bits per heavy atom. The smallest absolute Gasteiger partial charge is 0.178 e. The van der Waals surface area contributed by atoms with Gasteiger partial charge in [0.2, 0.25) is 0 Å². The SMILES string of the molecule is FC1=Cc2ncccc2C(F)C1=Cc1nnc2ccc(Cl)nn12. The molecule has 0 fully saturated rings. The Kier molecular flexibility index (Phi) is 3.16. The highest BCUT2D eigenvalue weighted by molar-refractivity contribution is 6.29. The zero-order valence-corrected chi connectivity index (χ0v) is 12.2. The van der Waals surface area contributed by atoms with Crippen molar-refractivity contribution in [2.75, 3.05) is 0 Å². The number of hydrogen-bond acceptors (Lipinski definition) is 4. The van der Waals surface area contributed by atoms with E-state index in [0.717, 1.165) is 0 Å². The zero-order chi connectivity index (χ0) is 16.0. The molecule has 3 aromatic rings. The van der Waals surface area contributed by atoms with Crippen LogP contribution < -0.4 is 0 Å². The Bertz CT molecular complexity index is 979. The van der Waals surface area contributed by atoms with Crippen LogP contribution in [0.2, 0.25) is 5.15 Å². The number of fused-ring (bicyclic) bond motifs is 2. The van der Waals surface area contributed by atoms with E-state index in [4.69, 9.17) is 11.6 Å². The Balaban J connectivity index is 1.86. The molecule has 0 radical (unpaired) electrons. The predicted octanol–water partition coefficient (Wildman–Crippen LogP) is 3.59. The van der Waals surface area contributed by atoms with Gasteiger partial charge >= 0.3 is 0 Å². The van der Waals surface area contributed by atoms with Crippen LogP contribution in [0.15, 0.2) is 41.9 Å². The molecule has 1 aliphatic rings. The Hall–Kier alpha value is -2.67. The molecule has 1 unspecified atom stereocenters. The lowest BCUT2D eigenvalue weighted by Gasteiger charge is -2.18. The van der Waals surface area contributed by atoms with Crippen LogP contribution in [-0.4, -0.2) is 24.8 Å². The first-order chi connectivity index (χ1) is 11.1. The van der Waals surface area contributed by atoms with Crippen molar-refractivity contribution in [3.8, 4) is 0 Å². The van der Waals surface area contributed by atoms with E-state index in [2.05, 4.69) is 20.3 Å². The molecule has 8 heteroatoms. The molecule has 0 spiro atoms. The maximum absolute atomic E-state index is 14.7. The van der Waals surface area contributed by atoms with Crippen molar-refractivity contribution < 1.29 is 8.78 Å². The summed E-state index contributed by atoms with van der Waals surface area (Å²) in [5, 5.41) is 12.0. The Morgan fingerprint density at radius 1 is 1.22 bits per heavy atom. The van der Waals surface area contributed by atoms with Crippen molar-refractivity contribution >= 4 is 29.4 Å². The first-order valence-corrected chi connectivity index (χ1v) is 7.07. The van der Waals surface area contributed by atoms with Gasteiger partial charge in [0.05, 0.1) is 5.69 Å². The van der Waals surface area contributed by atoms with Crippen molar-refractivity contribution in [3.63, 3.8) is 0 Å². The zero-order valence-electron chi connectivity index (χ0n) is 11.5. The van der Waals surface area contributed by atoms with E-state index in [1.165, 1.54) is 22.9 Å². The molecular formula is C15H8ClF2N5. The predicted molar refractivity (Wildman–Crippen MR) is 80.9 cm³/mol. The molecule has 0 bridgehead atoms. The molecule has 1 aliphatic carbocycles. The van der Waals surface area contributed by atoms with Crippen LogP contribution in [0.4, 0.5) is 8.78 Å². The number of aromatic nitrogens is 5. The lowest BCUT2D eigenvalue weighted by atomic mass is 9.94. The second kappa shape index (κ2) is 5.20. The Labute approximate surface area is 133 Å².